The fourth-order valence-corrected chi connectivity index (χ4v) is 2.98. The van der Waals surface area contributed by atoms with E-state index in [-0.39, 0.29) is 17.8 Å². The lowest BCUT2D eigenvalue weighted by Gasteiger charge is -2.35. The molecule has 0 radical (unpaired) electrons. The third-order valence-electron chi connectivity index (χ3n) is 3.10. The lowest BCUT2D eigenvalue weighted by Crippen LogP contribution is -2.53. The molecule has 0 spiro atoms. The van der Waals surface area contributed by atoms with E-state index in [0.29, 0.717) is 18.0 Å². The summed E-state index contributed by atoms with van der Waals surface area (Å²) in [5.41, 5.74) is 0.897. The number of likely N-dealkylation sites (tertiary alicyclic amines) is 1. The highest BCUT2D eigenvalue weighted by molar-refractivity contribution is 7.17. The number of carbonyl (C=O) groups excluding carboxylic acids is 1. The van der Waals surface area contributed by atoms with Crippen molar-refractivity contribution >= 4 is 17.2 Å². The first-order chi connectivity index (χ1) is 9.13. The summed E-state index contributed by atoms with van der Waals surface area (Å²) in [6, 6.07) is 9.84. The van der Waals surface area contributed by atoms with E-state index < -0.39 is 0 Å². The van der Waals surface area contributed by atoms with Gasteiger partial charge in [-0.3, -0.25) is 4.79 Å². The van der Waals surface area contributed by atoms with Gasteiger partial charge in [0.1, 0.15) is 5.82 Å². The van der Waals surface area contributed by atoms with Crippen LogP contribution in [0.15, 0.2) is 36.4 Å². The monoisotopic (exact) mass is 277 g/mol. The molecule has 2 heterocycles. The first-order valence-corrected chi connectivity index (χ1v) is 6.78. The molecule has 1 aromatic heterocycles. The van der Waals surface area contributed by atoms with Gasteiger partial charge in [0.15, 0.2) is 0 Å². The van der Waals surface area contributed by atoms with Crippen LogP contribution in [-0.4, -0.2) is 35.1 Å². The fourth-order valence-electron chi connectivity index (χ4n) is 2.00. The second kappa shape index (κ2) is 4.75. The highest BCUT2D eigenvalue weighted by atomic mass is 32.1. The zero-order valence-electron chi connectivity index (χ0n) is 10.0. The molecule has 1 aliphatic heterocycles. The molecular formula is C14H12FNO2S. The first-order valence-electron chi connectivity index (χ1n) is 5.96. The Morgan fingerprint density at radius 1 is 1.21 bits per heavy atom. The number of thiophene rings is 1. The van der Waals surface area contributed by atoms with Crippen LogP contribution >= 0.6 is 11.3 Å². The number of halogens is 1. The summed E-state index contributed by atoms with van der Waals surface area (Å²) < 4.78 is 12.9. The Labute approximate surface area is 113 Å². The molecule has 0 bridgehead atoms. The zero-order chi connectivity index (χ0) is 13.4. The van der Waals surface area contributed by atoms with Crippen LogP contribution in [0.25, 0.3) is 10.4 Å². The van der Waals surface area contributed by atoms with Crippen LogP contribution < -0.4 is 0 Å². The molecule has 0 atom stereocenters. The van der Waals surface area contributed by atoms with Gasteiger partial charge < -0.3 is 10.0 Å². The summed E-state index contributed by atoms with van der Waals surface area (Å²) in [6.07, 6.45) is -0.388. The highest BCUT2D eigenvalue weighted by Crippen LogP contribution is 2.29. The summed E-state index contributed by atoms with van der Waals surface area (Å²) in [5.74, 6) is -0.324. The Bertz CT molecular complexity index is 602. The molecule has 1 amide bonds. The van der Waals surface area contributed by atoms with E-state index in [2.05, 4.69) is 0 Å². The number of rotatable bonds is 2. The van der Waals surface area contributed by atoms with Crippen molar-refractivity contribution in [1.29, 1.82) is 0 Å². The third kappa shape index (κ3) is 2.39. The Morgan fingerprint density at radius 2 is 1.89 bits per heavy atom. The number of nitrogens with zero attached hydrogens (tertiary/aromatic N) is 1. The number of benzene rings is 1. The molecule has 98 valence electrons. The predicted octanol–water partition coefficient (Wildman–Crippen LogP) is 2.37. The minimum atomic E-state index is -0.388. The fraction of sp³-hybridized carbons (Fsp3) is 0.214. The Kier molecular flexibility index (Phi) is 3.08. The largest absolute Gasteiger partial charge is 0.389 e. The van der Waals surface area contributed by atoms with Crippen LogP contribution in [0.1, 0.15) is 9.67 Å². The minimum absolute atomic E-state index is 0.0522. The summed E-state index contributed by atoms with van der Waals surface area (Å²) in [5, 5.41) is 9.20. The van der Waals surface area contributed by atoms with Crippen LogP contribution in [-0.2, 0) is 0 Å². The van der Waals surface area contributed by atoms with E-state index >= 15 is 0 Å². The predicted molar refractivity (Wildman–Crippen MR) is 71.6 cm³/mol. The van der Waals surface area contributed by atoms with Crippen molar-refractivity contribution in [2.75, 3.05) is 13.1 Å². The number of hydrogen-bond donors (Lipinski definition) is 1. The van der Waals surface area contributed by atoms with Crippen LogP contribution in [0.2, 0.25) is 0 Å². The normalized spacial score (nSPS) is 15.4. The van der Waals surface area contributed by atoms with Gasteiger partial charge in [-0.05, 0) is 29.8 Å². The maximum Gasteiger partial charge on any atom is 0.264 e. The summed E-state index contributed by atoms with van der Waals surface area (Å²) >= 11 is 1.38. The van der Waals surface area contributed by atoms with E-state index in [1.807, 2.05) is 6.07 Å². The van der Waals surface area contributed by atoms with Gasteiger partial charge in [0.05, 0.1) is 11.0 Å². The van der Waals surface area contributed by atoms with Crippen molar-refractivity contribution in [2.45, 2.75) is 6.10 Å². The number of aliphatic hydroxyl groups excluding tert-OH is 1. The highest BCUT2D eigenvalue weighted by Gasteiger charge is 2.30. The molecule has 3 rings (SSSR count). The van der Waals surface area contributed by atoms with Gasteiger partial charge in [-0.25, -0.2) is 4.39 Å². The average molecular weight is 277 g/mol. The Hall–Kier alpha value is -1.72. The molecule has 5 heteroatoms. The van der Waals surface area contributed by atoms with Gasteiger partial charge in [-0.2, -0.15) is 0 Å². The number of hydrogen-bond acceptors (Lipinski definition) is 3. The van der Waals surface area contributed by atoms with E-state index in [1.165, 1.54) is 23.5 Å². The van der Waals surface area contributed by atoms with Gasteiger partial charge in [0, 0.05) is 18.0 Å². The molecular weight excluding hydrogens is 265 g/mol. The van der Waals surface area contributed by atoms with Gasteiger partial charge in [-0.1, -0.05) is 12.1 Å². The summed E-state index contributed by atoms with van der Waals surface area (Å²) in [6.45, 7) is 0.811. The molecule has 0 saturated carbocycles. The molecule has 1 fully saturated rings. The van der Waals surface area contributed by atoms with Crippen molar-refractivity contribution < 1.29 is 14.3 Å². The molecule has 1 saturated heterocycles. The Morgan fingerprint density at radius 3 is 2.53 bits per heavy atom. The van der Waals surface area contributed by atoms with E-state index in [0.717, 1.165) is 10.4 Å². The smallest absolute Gasteiger partial charge is 0.264 e. The second-order valence-corrected chi connectivity index (χ2v) is 5.62. The van der Waals surface area contributed by atoms with Crippen molar-refractivity contribution in [1.82, 2.24) is 4.90 Å². The maximum absolute atomic E-state index is 12.9. The molecule has 2 aromatic rings. The first kappa shape index (κ1) is 12.3. The summed E-state index contributed by atoms with van der Waals surface area (Å²) in [7, 11) is 0. The van der Waals surface area contributed by atoms with Gasteiger partial charge in [0.25, 0.3) is 5.91 Å². The molecule has 0 aliphatic carbocycles. The molecule has 1 aromatic carbocycles. The standard InChI is InChI=1S/C14H12FNO2S/c15-10-3-1-9(2-4-10)12-5-6-13(19-12)14(18)16-7-11(17)8-16/h1-6,11,17H,7-8H2. The van der Waals surface area contributed by atoms with E-state index in [1.54, 1.807) is 23.1 Å². The van der Waals surface area contributed by atoms with Crippen molar-refractivity contribution in [3.63, 3.8) is 0 Å². The van der Waals surface area contributed by atoms with Gasteiger partial charge in [0.2, 0.25) is 0 Å². The van der Waals surface area contributed by atoms with Crippen molar-refractivity contribution in [2.24, 2.45) is 0 Å². The number of aliphatic hydroxyl groups is 1. The minimum Gasteiger partial charge on any atom is -0.389 e. The number of β-amino-alcohol motifs (C(OH)–C–C–N with tert-alkyl or cyclic N) is 1. The molecule has 3 nitrogen and oxygen atoms in total. The van der Waals surface area contributed by atoms with Crippen molar-refractivity contribution in [3.8, 4) is 10.4 Å². The number of carbonyl (C=O) groups is 1. The molecule has 1 aliphatic rings. The topological polar surface area (TPSA) is 40.5 Å². The van der Waals surface area contributed by atoms with E-state index in [9.17, 15) is 14.3 Å². The molecule has 1 N–H and O–H groups in total. The van der Waals surface area contributed by atoms with Gasteiger partial charge in [-0.15, -0.1) is 11.3 Å². The van der Waals surface area contributed by atoms with Crippen LogP contribution in [0.5, 0.6) is 0 Å². The van der Waals surface area contributed by atoms with Crippen LogP contribution in [0.4, 0.5) is 4.39 Å². The second-order valence-electron chi connectivity index (χ2n) is 4.53. The third-order valence-corrected chi connectivity index (χ3v) is 4.22. The quantitative estimate of drug-likeness (QED) is 0.915. The molecule has 19 heavy (non-hydrogen) atoms. The number of amides is 1. The van der Waals surface area contributed by atoms with Gasteiger partial charge >= 0.3 is 0 Å². The lowest BCUT2D eigenvalue weighted by molar-refractivity contribution is 0.00623. The zero-order valence-corrected chi connectivity index (χ0v) is 10.9. The van der Waals surface area contributed by atoms with Crippen molar-refractivity contribution in [3.05, 3.63) is 47.1 Å². The molecule has 0 unspecified atom stereocenters. The lowest BCUT2D eigenvalue weighted by atomic mass is 10.1. The van der Waals surface area contributed by atoms with E-state index in [4.69, 9.17) is 0 Å². The van der Waals surface area contributed by atoms with Crippen LogP contribution in [0.3, 0.4) is 0 Å². The SMILES string of the molecule is O=C(c1ccc(-c2ccc(F)cc2)s1)N1CC(O)C1. The summed E-state index contributed by atoms with van der Waals surface area (Å²) in [4.78, 5) is 15.2. The van der Waals surface area contributed by atoms with Crippen LogP contribution in [0, 0.1) is 5.82 Å². The Balaban J connectivity index is 1.79. The maximum atomic E-state index is 12.9. The average Bonchev–Trinajstić information content (AvgIpc) is 2.85.